The molecule has 0 radical (unpaired) electrons. The number of benzene rings is 3. The van der Waals surface area contributed by atoms with Gasteiger partial charge in [0, 0.05) is 22.6 Å². The zero-order valence-corrected chi connectivity index (χ0v) is 14.3. The van der Waals surface area contributed by atoms with E-state index in [0.29, 0.717) is 5.56 Å². The Kier molecular flexibility index (Phi) is 4.20. The second kappa shape index (κ2) is 6.81. The third kappa shape index (κ3) is 3.20. The molecule has 0 bridgehead atoms. The number of Topliss-reactive ketones (excluding diaryl/α,β-unsaturated/α-hetero) is 1. The van der Waals surface area contributed by atoms with Crippen molar-refractivity contribution in [2.75, 3.05) is 0 Å². The van der Waals surface area contributed by atoms with Crippen LogP contribution in [0.2, 0.25) is 0 Å². The van der Waals surface area contributed by atoms with Gasteiger partial charge in [-0.1, -0.05) is 42.5 Å². The van der Waals surface area contributed by atoms with E-state index in [1.54, 1.807) is 19.1 Å². The van der Waals surface area contributed by atoms with E-state index >= 15 is 0 Å². The summed E-state index contributed by atoms with van der Waals surface area (Å²) < 4.78 is 6.07. The fraction of sp³-hybridized carbons (Fsp3) is 0.0435. The number of fused-ring (bicyclic) bond motifs is 1. The van der Waals surface area contributed by atoms with Crippen LogP contribution < -0.4 is 5.36 Å². The predicted octanol–water partition coefficient (Wildman–Crippen LogP) is 5.53. The van der Waals surface area contributed by atoms with Crippen LogP contribution in [-0.2, 0) is 0 Å². The van der Waals surface area contributed by atoms with Gasteiger partial charge in [0.2, 0.25) is 0 Å². The fourth-order valence-corrected chi connectivity index (χ4v) is 2.86. The van der Waals surface area contributed by atoms with Gasteiger partial charge in [0.15, 0.2) is 5.78 Å². The standard InChI is InChI=1S/C23H17NO2/c1-16(25)17-11-13-19(14-12-17)24-21-15-23(18-7-3-2-4-8-18)26-22-10-6-5-9-20(21)22/h2-15H,1H3. The number of rotatable bonds is 3. The largest absolute Gasteiger partial charge is 0.456 e. The molecule has 0 amide bonds. The van der Waals surface area contributed by atoms with E-state index in [9.17, 15) is 4.79 Å². The average Bonchev–Trinajstić information content (AvgIpc) is 2.69. The van der Waals surface area contributed by atoms with E-state index in [2.05, 4.69) is 0 Å². The van der Waals surface area contributed by atoms with Crippen molar-refractivity contribution in [3.63, 3.8) is 0 Å². The number of hydrogen-bond acceptors (Lipinski definition) is 3. The number of carbonyl (C=O) groups excluding carboxylic acids is 1. The van der Waals surface area contributed by atoms with Gasteiger partial charge in [-0.25, -0.2) is 4.99 Å². The highest BCUT2D eigenvalue weighted by atomic mass is 16.3. The van der Waals surface area contributed by atoms with Crippen molar-refractivity contribution in [1.29, 1.82) is 0 Å². The average molecular weight is 339 g/mol. The molecule has 0 aliphatic rings. The number of ketones is 1. The van der Waals surface area contributed by atoms with Crippen LogP contribution in [0.15, 0.2) is 94.3 Å². The highest BCUT2D eigenvalue weighted by Crippen LogP contribution is 2.22. The second-order valence-corrected chi connectivity index (χ2v) is 6.07. The molecule has 126 valence electrons. The molecule has 1 heterocycles. The molecule has 0 spiro atoms. The minimum absolute atomic E-state index is 0.0480. The molecule has 0 unspecified atom stereocenters. The Balaban J connectivity index is 1.91. The lowest BCUT2D eigenvalue weighted by atomic mass is 10.1. The second-order valence-electron chi connectivity index (χ2n) is 6.07. The van der Waals surface area contributed by atoms with Gasteiger partial charge in [-0.15, -0.1) is 0 Å². The SMILES string of the molecule is CC(=O)c1ccc(N=c2cc(-c3ccccc3)oc3ccccc23)cc1. The molecule has 0 N–H and O–H groups in total. The van der Waals surface area contributed by atoms with Gasteiger partial charge in [-0.3, -0.25) is 4.79 Å². The molecule has 0 atom stereocenters. The smallest absolute Gasteiger partial charge is 0.159 e. The van der Waals surface area contributed by atoms with Crippen molar-refractivity contribution in [1.82, 2.24) is 0 Å². The van der Waals surface area contributed by atoms with Gasteiger partial charge < -0.3 is 4.42 Å². The van der Waals surface area contributed by atoms with Crippen molar-refractivity contribution in [3.8, 4) is 11.3 Å². The van der Waals surface area contributed by atoms with Crippen LogP contribution in [0.4, 0.5) is 5.69 Å². The Morgan fingerprint density at radius 1 is 0.846 bits per heavy atom. The minimum Gasteiger partial charge on any atom is -0.456 e. The highest BCUT2D eigenvalue weighted by molar-refractivity contribution is 5.94. The number of carbonyl (C=O) groups is 1. The van der Waals surface area contributed by atoms with Crippen LogP contribution in [0.1, 0.15) is 17.3 Å². The van der Waals surface area contributed by atoms with Gasteiger partial charge in [-0.2, -0.15) is 0 Å². The van der Waals surface area contributed by atoms with Gasteiger partial charge >= 0.3 is 0 Å². The minimum atomic E-state index is 0.0480. The van der Waals surface area contributed by atoms with Crippen molar-refractivity contribution in [2.24, 2.45) is 4.99 Å². The molecule has 0 saturated heterocycles. The van der Waals surface area contributed by atoms with Gasteiger partial charge in [0.25, 0.3) is 0 Å². The van der Waals surface area contributed by atoms with Crippen molar-refractivity contribution in [2.45, 2.75) is 6.92 Å². The summed E-state index contributed by atoms with van der Waals surface area (Å²) in [4.78, 5) is 16.2. The summed E-state index contributed by atoms with van der Waals surface area (Å²) in [5, 5.41) is 1.78. The molecule has 0 fully saturated rings. The molecule has 26 heavy (non-hydrogen) atoms. The van der Waals surface area contributed by atoms with Crippen LogP contribution in [0, 0.1) is 0 Å². The van der Waals surface area contributed by atoms with E-state index < -0.39 is 0 Å². The predicted molar refractivity (Wildman–Crippen MR) is 103 cm³/mol. The van der Waals surface area contributed by atoms with E-state index in [4.69, 9.17) is 9.41 Å². The molecule has 3 aromatic carbocycles. The maximum atomic E-state index is 11.4. The summed E-state index contributed by atoms with van der Waals surface area (Å²) in [6.07, 6.45) is 0. The molecule has 4 rings (SSSR count). The molecule has 0 aliphatic heterocycles. The summed E-state index contributed by atoms with van der Waals surface area (Å²) in [6.45, 7) is 1.56. The first kappa shape index (κ1) is 16.0. The number of para-hydroxylation sites is 1. The third-order valence-corrected chi connectivity index (χ3v) is 4.23. The lowest BCUT2D eigenvalue weighted by Gasteiger charge is -2.05. The van der Waals surface area contributed by atoms with Crippen LogP contribution in [0.25, 0.3) is 22.3 Å². The van der Waals surface area contributed by atoms with Crippen molar-refractivity contribution < 1.29 is 9.21 Å². The van der Waals surface area contributed by atoms with Crippen LogP contribution in [-0.4, -0.2) is 5.78 Å². The summed E-state index contributed by atoms with van der Waals surface area (Å²) in [6, 6.07) is 27.1. The summed E-state index contributed by atoms with van der Waals surface area (Å²) >= 11 is 0. The Bertz CT molecular complexity index is 1140. The first-order chi connectivity index (χ1) is 12.7. The maximum absolute atomic E-state index is 11.4. The van der Waals surface area contributed by atoms with Crippen molar-refractivity contribution >= 4 is 22.4 Å². The normalized spacial score (nSPS) is 11.7. The summed E-state index contributed by atoms with van der Waals surface area (Å²) in [5.74, 6) is 0.815. The van der Waals surface area contributed by atoms with E-state index in [0.717, 1.165) is 33.3 Å². The zero-order valence-electron chi connectivity index (χ0n) is 14.3. The molecular weight excluding hydrogens is 322 g/mol. The first-order valence-electron chi connectivity index (χ1n) is 8.45. The number of hydrogen-bond donors (Lipinski definition) is 0. The van der Waals surface area contributed by atoms with Crippen LogP contribution >= 0.6 is 0 Å². The Morgan fingerprint density at radius 2 is 1.54 bits per heavy atom. The third-order valence-electron chi connectivity index (χ3n) is 4.23. The van der Waals surface area contributed by atoms with Crippen LogP contribution in [0.5, 0.6) is 0 Å². The number of nitrogens with zero attached hydrogens (tertiary/aromatic N) is 1. The van der Waals surface area contributed by atoms with E-state index in [1.165, 1.54) is 0 Å². The molecule has 0 aliphatic carbocycles. The van der Waals surface area contributed by atoms with E-state index in [-0.39, 0.29) is 5.78 Å². The highest BCUT2D eigenvalue weighted by Gasteiger charge is 2.05. The van der Waals surface area contributed by atoms with Gasteiger partial charge in [-0.05, 0) is 43.3 Å². The van der Waals surface area contributed by atoms with Crippen LogP contribution in [0.3, 0.4) is 0 Å². The topological polar surface area (TPSA) is 42.6 Å². The lowest BCUT2D eigenvalue weighted by molar-refractivity contribution is 0.101. The molecule has 3 nitrogen and oxygen atoms in total. The Morgan fingerprint density at radius 3 is 2.27 bits per heavy atom. The van der Waals surface area contributed by atoms with Crippen molar-refractivity contribution in [3.05, 3.63) is 95.8 Å². The quantitative estimate of drug-likeness (QED) is 0.460. The molecule has 3 heteroatoms. The summed E-state index contributed by atoms with van der Waals surface area (Å²) in [5.41, 5.74) is 3.27. The maximum Gasteiger partial charge on any atom is 0.159 e. The summed E-state index contributed by atoms with van der Waals surface area (Å²) in [7, 11) is 0. The van der Waals surface area contributed by atoms with Gasteiger partial charge in [0.05, 0.1) is 11.0 Å². The molecule has 0 saturated carbocycles. The monoisotopic (exact) mass is 339 g/mol. The molecule has 4 aromatic rings. The van der Waals surface area contributed by atoms with Gasteiger partial charge in [0.1, 0.15) is 11.3 Å². The molecular formula is C23H17NO2. The van der Waals surface area contributed by atoms with E-state index in [1.807, 2.05) is 72.8 Å². The fourth-order valence-electron chi connectivity index (χ4n) is 2.86. The zero-order chi connectivity index (χ0) is 17.9. The Labute approximate surface area is 151 Å². The lowest BCUT2D eigenvalue weighted by Crippen LogP contribution is -2.03. The molecule has 1 aromatic heterocycles. The first-order valence-corrected chi connectivity index (χ1v) is 8.45. The Hall–Kier alpha value is -3.46.